The van der Waals surface area contributed by atoms with Crippen molar-refractivity contribution < 1.29 is 0 Å². The van der Waals surface area contributed by atoms with Gasteiger partial charge in [0.15, 0.2) is 0 Å². The van der Waals surface area contributed by atoms with E-state index < -0.39 is 0 Å². The molecular formula is C12H13N3. The zero-order valence-electron chi connectivity index (χ0n) is 8.88. The Morgan fingerprint density at radius 3 is 2.47 bits per heavy atom. The van der Waals surface area contributed by atoms with E-state index in [1.54, 1.807) is 12.4 Å². The second-order valence-electron chi connectivity index (χ2n) is 3.67. The maximum atomic E-state index is 4.47. The van der Waals surface area contributed by atoms with Gasteiger partial charge in [0.1, 0.15) is 5.82 Å². The van der Waals surface area contributed by atoms with E-state index in [-0.39, 0.29) is 0 Å². The van der Waals surface area contributed by atoms with E-state index in [9.17, 15) is 0 Å². The van der Waals surface area contributed by atoms with Gasteiger partial charge < -0.3 is 0 Å². The third-order valence-electron chi connectivity index (χ3n) is 2.12. The normalized spacial score (nSPS) is 10.6. The summed E-state index contributed by atoms with van der Waals surface area (Å²) in [7, 11) is 0. The molecule has 0 aliphatic rings. The standard InChI is InChI=1S/C12H13N3/c1-9(2)12-14-8-6-11(15-12)10-5-3-4-7-13-10/h3-9H,1-2H3. The highest BCUT2D eigenvalue weighted by Gasteiger charge is 2.05. The Hall–Kier alpha value is -1.77. The summed E-state index contributed by atoms with van der Waals surface area (Å²) in [5, 5.41) is 0. The molecule has 0 amide bonds. The summed E-state index contributed by atoms with van der Waals surface area (Å²) in [5.74, 6) is 1.20. The Bertz CT molecular complexity index is 438. The van der Waals surface area contributed by atoms with Crippen molar-refractivity contribution in [3.05, 3.63) is 42.5 Å². The SMILES string of the molecule is CC(C)c1nccc(-c2ccccn2)n1. The van der Waals surface area contributed by atoms with Gasteiger partial charge in [-0.1, -0.05) is 19.9 Å². The maximum Gasteiger partial charge on any atom is 0.131 e. The van der Waals surface area contributed by atoms with Gasteiger partial charge >= 0.3 is 0 Å². The number of hydrogen-bond acceptors (Lipinski definition) is 3. The topological polar surface area (TPSA) is 38.7 Å². The van der Waals surface area contributed by atoms with Crippen molar-refractivity contribution in [1.82, 2.24) is 15.0 Å². The molecule has 0 aliphatic carbocycles. The van der Waals surface area contributed by atoms with Crippen LogP contribution in [-0.2, 0) is 0 Å². The van der Waals surface area contributed by atoms with Crippen LogP contribution in [0, 0.1) is 0 Å². The molecule has 2 aromatic rings. The Morgan fingerprint density at radius 1 is 0.933 bits per heavy atom. The molecule has 0 spiro atoms. The van der Waals surface area contributed by atoms with Gasteiger partial charge in [0, 0.05) is 18.3 Å². The minimum Gasteiger partial charge on any atom is -0.255 e. The second-order valence-corrected chi connectivity index (χ2v) is 3.67. The molecule has 0 fully saturated rings. The van der Waals surface area contributed by atoms with Crippen LogP contribution in [0.5, 0.6) is 0 Å². The Balaban J connectivity index is 2.42. The van der Waals surface area contributed by atoms with Crippen LogP contribution in [0.4, 0.5) is 0 Å². The molecule has 0 atom stereocenters. The number of rotatable bonds is 2. The van der Waals surface area contributed by atoms with Gasteiger partial charge in [-0.25, -0.2) is 9.97 Å². The first-order chi connectivity index (χ1) is 7.27. The summed E-state index contributed by atoms with van der Waals surface area (Å²) in [4.78, 5) is 13.0. The average molecular weight is 199 g/mol. The van der Waals surface area contributed by atoms with Crippen LogP contribution in [-0.4, -0.2) is 15.0 Å². The molecule has 3 nitrogen and oxygen atoms in total. The molecule has 2 rings (SSSR count). The van der Waals surface area contributed by atoms with E-state index in [2.05, 4.69) is 28.8 Å². The van der Waals surface area contributed by atoms with Gasteiger partial charge in [0.25, 0.3) is 0 Å². The summed E-state index contributed by atoms with van der Waals surface area (Å²) < 4.78 is 0. The van der Waals surface area contributed by atoms with Crippen molar-refractivity contribution in [3.63, 3.8) is 0 Å². The van der Waals surface area contributed by atoms with E-state index in [1.807, 2.05) is 24.3 Å². The summed E-state index contributed by atoms with van der Waals surface area (Å²) in [6.45, 7) is 4.16. The summed E-state index contributed by atoms with van der Waals surface area (Å²) in [6, 6.07) is 7.69. The second kappa shape index (κ2) is 4.17. The molecule has 0 unspecified atom stereocenters. The zero-order valence-corrected chi connectivity index (χ0v) is 8.88. The Morgan fingerprint density at radius 2 is 1.80 bits per heavy atom. The highest BCUT2D eigenvalue weighted by atomic mass is 14.9. The molecule has 0 saturated carbocycles. The highest BCUT2D eigenvalue weighted by molar-refractivity contribution is 5.52. The molecule has 2 aromatic heterocycles. The zero-order chi connectivity index (χ0) is 10.7. The molecule has 0 radical (unpaired) electrons. The van der Waals surface area contributed by atoms with Crippen LogP contribution in [0.15, 0.2) is 36.7 Å². The first-order valence-electron chi connectivity index (χ1n) is 5.01. The van der Waals surface area contributed by atoms with Crippen LogP contribution in [0.3, 0.4) is 0 Å². The van der Waals surface area contributed by atoms with Gasteiger partial charge in [-0.15, -0.1) is 0 Å². The first kappa shape index (κ1) is 9.77. The molecule has 76 valence electrons. The lowest BCUT2D eigenvalue weighted by Crippen LogP contribution is -1.98. The van der Waals surface area contributed by atoms with E-state index in [0.29, 0.717) is 5.92 Å². The largest absolute Gasteiger partial charge is 0.255 e. The minimum absolute atomic E-state index is 0.341. The highest BCUT2D eigenvalue weighted by Crippen LogP contribution is 2.15. The predicted octanol–water partition coefficient (Wildman–Crippen LogP) is 2.66. The Kier molecular flexibility index (Phi) is 2.72. The molecule has 0 bridgehead atoms. The van der Waals surface area contributed by atoms with Crippen LogP contribution in [0.1, 0.15) is 25.6 Å². The predicted molar refractivity (Wildman–Crippen MR) is 59.4 cm³/mol. The van der Waals surface area contributed by atoms with Gasteiger partial charge in [-0.3, -0.25) is 4.98 Å². The quantitative estimate of drug-likeness (QED) is 0.746. The summed E-state index contributed by atoms with van der Waals surface area (Å²) in [5.41, 5.74) is 1.77. The molecule has 0 aromatic carbocycles. The summed E-state index contributed by atoms with van der Waals surface area (Å²) >= 11 is 0. The molecule has 2 heterocycles. The van der Waals surface area contributed by atoms with Crippen molar-refractivity contribution in [2.75, 3.05) is 0 Å². The number of pyridine rings is 1. The first-order valence-corrected chi connectivity index (χ1v) is 5.01. The molecule has 3 heteroatoms. The summed E-state index contributed by atoms with van der Waals surface area (Å²) in [6.07, 6.45) is 3.55. The van der Waals surface area contributed by atoms with Crippen molar-refractivity contribution in [1.29, 1.82) is 0 Å². The van der Waals surface area contributed by atoms with Crippen molar-refractivity contribution in [2.24, 2.45) is 0 Å². The lowest BCUT2D eigenvalue weighted by Gasteiger charge is -2.05. The molecule has 0 aliphatic heterocycles. The van der Waals surface area contributed by atoms with Gasteiger partial charge in [-0.2, -0.15) is 0 Å². The maximum absolute atomic E-state index is 4.47. The number of nitrogens with zero attached hydrogens (tertiary/aromatic N) is 3. The van der Waals surface area contributed by atoms with E-state index in [0.717, 1.165) is 17.2 Å². The van der Waals surface area contributed by atoms with Crippen LogP contribution in [0.2, 0.25) is 0 Å². The fraction of sp³-hybridized carbons (Fsp3) is 0.250. The third kappa shape index (κ3) is 2.18. The van der Waals surface area contributed by atoms with Gasteiger partial charge in [0.05, 0.1) is 11.4 Å². The van der Waals surface area contributed by atoms with Gasteiger partial charge in [-0.05, 0) is 18.2 Å². The van der Waals surface area contributed by atoms with E-state index >= 15 is 0 Å². The van der Waals surface area contributed by atoms with Gasteiger partial charge in [0.2, 0.25) is 0 Å². The monoisotopic (exact) mass is 199 g/mol. The lowest BCUT2D eigenvalue weighted by atomic mass is 10.2. The molecule has 0 saturated heterocycles. The molecular weight excluding hydrogens is 186 g/mol. The van der Waals surface area contributed by atoms with E-state index in [1.165, 1.54) is 0 Å². The van der Waals surface area contributed by atoms with Crippen LogP contribution < -0.4 is 0 Å². The average Bonchev–Trinajstić information content (AvgIpc) is 2.30. The molecule has 0 N–H and O–H groups in total. The van der Waals surface area contributed by atoms with E-state index in [4.69, 9.17) is 0 Å². The lowest BCUT2D eigenvalue weighted by molar-refractivity contribution is 0.775. The van der Waals surface area contributed by atoms with Crippen molar-refractivity contribution >= 4 is 0 Å². The van der Waals surface area contributed by atoms with Crippen molar-refractivity contribution in [2.45, 2.75) is 19.8 Å². The number of aromatic nitrogens is 3. The smallest absolute Gasteiger partial charge is 0.131 e. The fourth-order valence-electron chi connectivity index (χ4n) is 1.31. The Labute approximate surface area is 89.2 Å². The fourth-order valence-corrected chi connectivity index (χ4v) is 1.31. The number of hydrogen-bond donors (Lipinski definition) is 0. The van der Waals surface area contributed by atoms with Crippen molar-refractivity contribution in [3.8, 4) is 11.4 Å². The minimum atomic E-state index is 0.341. The van der Waals surface area contributed by atoms with Crippen LogP contribution >= 0.6 is 0 Å². The molecule has 15 heavy (non-hydrogen) atoms. The van der Waals surface area contributed by atoms with Crippen LogP contribution in [0.25, 0.3) is 11.4 Å². The third-order valence-corrected chi connectivity index (χ3v) is 2.12.